The van der Waals surface area contributed by atoms with Crippen molar-refractivity contribution in [1.82, 2.24) is 0 Å². The molecule has 0 amide bonds. The van der Waals surface area contributed by atoms with Crippen molar-refractivity contribution in [3.8, 4) is 5.75 Å². The molecule has 1 fully saturated rings. The lowest BCUT2D eigenvalue weighted by Crippen LogP contribution is -2.41. The normalized spacial score (nSPS) is 37.0. The van der Waals surface area contributed by atoms with Gasteiger partial charge >= 0.3 is 0 Å². The first-order valence-corrected chi connectivity index (χ1v) is 7.78. The van der Waals surface area contributed by atoms with Crippen LogP contribution in [-0.4, -0.2) is 18.8 Å². The van der Waals surface area contributed by atoms with Gasteiger partial charge in [-0.15, -0.1) is 0 Å². The first-order valence-electron chi connectivity index (χ1n) is 7.78. The van der Waals surface area contributed by atoms with Crippen LogP contribution in [-0.2, 0) is 4.74 Å². The third-order valence-corrected chi connectivity index (χ3v) is 5.00. The van der Waals surface area contributed by atoms with E-state index in [9.17, 15) is 0 Å². The minimum absolute atomic E-state index is 0.0180. The summed E-state index contributed by atoms with van der Waals surface area (Å²) in [7, 11) is 0. The lowest BCUT2D eigenvalue weighted by molar-refractivity contribution is -0.0791. The molecule has 5 unspecified atom stereocenters. The maximum absolute atomic E-state index is 6.36. The Morgan fingerprint density at radius 2 is 1.95 bits per heavy atom. The van der Waals surface area contributed by atoms with Crippen molar-refractivity contribution >= 4 is 0 Å². The summed E-state index contributed by atoms with van der Waals surface area (Å²) in [4.78, 5) is 0. The van der Waals surface area contributed by atoms with Gasteiger partial charge in [0.25, 0.3) is 0 Å². The van der Waals surface area contributed by atoms with Gasteiger partial charge in [0.2, 0.25) is 0 Å². The van der Waals surface area contributed by atoms with Crippen molar-refractivity contribution < 1.29 is 9.47 Å². The molecule has 1 aromatic rings. The molecule has 20 heavy (non-hydrogen) atoms. The first-order chi connectivity index (χ1) is 9.65. The van der Waals surface area contributed by atoms with Gasteiger partial charge in [0.1, 0.15) is 18.5 Å². The monoisotopic (exact) mass is 275 g/mol. The molecule has 0 saturated heterocycles. The lowest BCUT2D eigenvalue weighted by Gasteiger charge is -2.37. The minimum Gasteiger partial charge on any atom is -0.490 e. The quantitative estimate of drug-likeness (QED) is 0.900. The van der Waals surface area contributed by atoms with E-state index in [4.69, 9.17) is 15.2 Å². The zero-order chi connectivity index (χ0) is 14.1. The van der Waals surface area contributed by atoms with E-state index in [1.165, 1.54) is 6.42 Å². The molecule has 5 atom stereocenters. The summed E-state index contributed by atoms with van der Waals surface area (Å²) in [6.45, 7) is 5.23. The molecule has 1 aliphatic heterocycles. The average molecular weight is 275 g/mol. The Morgan fingerprint density at radius 1 is 1.15 bits per heavy atom. The molecule has 1 saturated carbocycles. The predicted octanol–water partition coefficient (Wildman–Crippen LogP) is 3.29. The van der Waals surface area contributed by atoms with Crippen LogP contribution in [0.3, 0.4) is 0 Å². The van der Waals surface area contributed by atoms with E-state index < -0.39 is 0 Å². The molecule has 0 aromatic heterocycles. The van der Waals surface area contributed by atoms with E-state index in [1.807, 2.05) is 24.3 Å². The molecule has 0 radical (unpaired) electrons. The molecule has 1 aromatic carbocycles. The highest BCUT2D eigenvalue weighted by molar-refractivity contribution is 5.38. The van der Waals surface area contributed by atoms with Crippen LogP contribution < -0.4 is 10.5 Å². The number of hydrogen-bond acceptors (Lipinski definition) is 3. The number of rotatable bonds is 2. The summed E-state index contributed by atoms with van der Waals surface area (Å²) in [5.74, 6) is 2.46. The SMILES string of the molecule is CC1CCC(OC2COc3ccccc3C2N)CC1C. The summed E-state index contributed by atoms with van der Waals surface area (Å²) in [6, 6.07) is 7.94. The highest BCUT2D eigenvalue weighted by Crippen LogP contribution is 2.36. The second kappa shape index (κ2) is 5.74. The summed E-state index contributed by atoms with van der Waals surface area (Å²) < 4.78 is 12.1. The van der Waals surface area contributed by atoms with E-state index in [-0.39, 0.29) is 12.1 Å². The van der Waals surface area contributed by atoms with Gasteiger partial charge in [0, 0.05) is 5.56 Å². The minimum atomic E-state index is -0.0744. The van der Waals surface area contributed by atoms with Crippen LogP contribution in [0.2, 0.25) is 0 Å². The van der Waals surface area contributed by atoms with Crippen molar-refractivity contribution in [3.05, 3.63) is 29.8 Å². The summed E-state index contributed by atoms with van der Waals surface area (Å²) in [5.41, 5.74) is 7.44. The van der Waals surface area contributed by atoms with Crippen LogP contribution in [0.5, 0.6) is 5.75 Å². The van der Waals surface area contributed by atoms with Crippen LogP contribution >= 0.6 is 0 Å². The van der Waals surface area contributed by atoms with Crippen LogP contribution in [0.25, 0.3) is 0 Å². The Bertz CT molecular complexity index is 462. The van der Waals surface area contributed by atoms with Gasteiger partial charge < -0.3 is 15.2 Å². The number of benzene rings is 1. The van der Waals surface area contributed by atoms with Crippen LogP contribution in [0.4, 0.5) is 0 Å². The second-order valence-electron chi connectivity index (χ2n) is 6.44. The molecule has 3 nitrogen and oxygen atoms in total. The maximum atomic E-state index is 6.36. The van der Waals surface area contributed by atoms with Gasteiger partial charge in [-0.3, -0.25) is 0 Å². The van der Waals surface area contributed by atoms with E-state index in [0.717, 1.165) is 36.0 Å². The van der Waals surface area contributed by atoms with Gasteiger partial charge in [-0.05, 0) is 37.2 Å². The average Bonchev–Trinajstić information content (AvgIpc) is 2.46. The Kier molecular flexibility index (Phi) is 3.99. The largest absolute Gasteiger partial charge is 0.490 e. The summed E-state index contributed by atoms with van der Waals surface area (Å²) >= 11 is 0. The van der Waals surface area contributed by atoms with E-state index in [2.05, 4.69) is 13.8 Å². The Labute approximate surface area is 121 Å². The van der Waals surface area contributed by atoms with Gasteiger partial charge in [0.15, 0.2) is 0 Å². The number of ether oxygens (including phenoxy) is 2. The molecule has 1 heterocycles. The molecule has 3 heteroatoms. The van der Waals surface area contributed by atoms with Crippen molar-refractivity contribution in [2.45, 2.75) is 51.4 Å². The van der Waals surface area contributed by atoms with Gasteiger partial charge in [-0.1, -0.05) is 32.0 Å². The number of para-hydroxylation sites is 1. The molecular weight excluding hydrogens is 250 g/mol. The molecule has 0 spiro atoms. The van der Waals surface area contributed by atoms with Crippen LogP contribution in [0.1, 0.15) is 44.7 Å². The van der Waals surface area contributed by atoms with E-state index >= 15 is 0 Å². The number of fused-ring (bicyclic) bond motifs is 1. The highest BCUT2D eigenvalue weighted by atomic mass is 16.5. The second-order valence-corrected chi connectivity index (χ2v) is 6.44. The smallest absolute Gasteiger partial charge is 0.124 e. The zero-order valence-corrected chi connectivity index (χ0v) is 12.4. The van der Waals surface area contributed by atoms with Crippen molar-refractivity contribution in [3.63, 3.8) is 0 Å². The van der Waals surface area contributed by atoms with E-state index in [1.54, 1.807) is 0 Å². The summed E-state index contributed by atoms with van der Waals surface area (Å²) in [5, 5.41) is 0. The zero-order valence-electron chi connectivity index (χ0n) is 12.4. The number of nitrogens with two attached hydrogens (primary N) is 1. The fourth-order valence-electron chi connectivity index (χ4n) is 3.36. The molecule has 2 aliphatic rings. The van der Waals surface area contributed by atoms with Crippen molar-refractivity contribution in [2.75, 3.05) is 6.61 Å². The lowest BCUT2D eigenvalue weighted by atomic mass is 9.80. The first kappa shape index (κ1) is 13.9. The maximum Gasteiger partial charge on any atom is 0.124 e. The molecule has 0 bridgehead atoms. The number of hydrogen-bond donors (Lipinski definition) is 1. The molecule has 110 valence electrons. The molecule has 1 aliphatic carbocycles. The summed E-state index contributed by atoms with van der Waals surface area (Å²) in [6.07, 6.45) is 3.87. The van der Waals surface area contributed by atoms with Gasteiger partial charge in [0.05, 0.1) is 12.1 Å². The Balaban J connectivity index is 1.65. The molecular formula is C17H25NO2. The van der Waals surface area contributed by atoms with Crippen molar-refractivity contribution in [2.24, 2.45) is 17.6 Å². The van der Waals surface area contributed by atoms with E-state index in [0.29, 0.717) is 12.7 Å². The topological polar surface area (TPSA) is 44.5 Å². The fourth-order valence-corrected chi connectivity index (χ4v) is 3.36. The van der Waals surface area contributed by atoms with Crippen LogP contribution in [0, 0.1) is 11.8 Å². The van der Waals surface area contributed by atoms with Gasteiger partial charge in [-0.25, -0.2) is 0 Å². The third kappa shape index (κ3) is 2.70. The predicted molar refractivity (Wildman–Crippen MR) is 79.7 cm³/mol. The van der Waals surface area contributed by atoms with Crippen LogP contribution in [0.15, 0.2) is 24.3 Å². The molecule has 2 N–H and O–H groups in total. The third-order valence-electron chi connectivity index (χ3n) is 5.00. The van der Waals surface area contributed by atoms with Crippen molar-refractivity contribution in [1.29, 1.82) is 0 Å². The molecule has 3 rings (SSSR count). The fraction of sp³-hybridized carbons (Fsp3) is 0.647. The van der Waals surface area contributed by atoms with Gasteiger partial charge in [-0.2, -0.15) is 0 Å². The Hall–Kier alpha value is -1.06. The highest BCUT2D eigenvalue weighted by Gasteiger charge is 2.33. The Morgan fingerprint density at radius 3 is 2.75 bits per heavy atom. The standard InChI is InChI=1S/C17H25NO2/c1-11-7-8-13(9-12(11)2)20-16-10-19-15-6-4-3-5-14(15)17(16)18/h3-6,11-13,16-17H,7-10,18H2,1-2H3.